The highest BCUT2D eigenvalue weighted by atomic mass is 32.2. The van der Waals surface area contributed by atoms with Gasteiger partial charge in [-0.25, -0.2) is 12.8 Å². The van der Waals surface area contributed by atoms with Gasteiger partial charge in [-0.3, -0.25) is 4.79 Å². The topological polar surface area (TPSA) is 79.0 Å². The molecule has 1 N–H and O–H groups in total. The Kier molecular flexibility index (Phi) is 7.09. The fraction of sp³-hybridized carbons (Fsp3) is 0.269. The van der Waals surface area contributed by atoms with Crippen molar-refractivity contribution in [2.45, 2.75) is 18.7 Å². The maximum atomic E-state index is 14.5. The minimum Gasteiger partial charge on any atom is -0.495 e. The van der Waals surface area contributed by atoms with E-state index in [0.29, 0.717) is 18.8 Å². The lowest BCUT2D eigenvalue weighted by molar-refractivity contribution is 0.102. The molecule has 35 heavy (non-hydrogen) atoms. The number of piperazine rings is 1. The van der Waals surface area contributed by atoms with Gasteiger partial charge < -0.3 is 15.0 Å². The van der Waals surface area contributed by atoms with Gasteiger partial charge in [-0.05, 0) is 67.4 Å². The molecule has 9 heteroatoms. The van der Waals surface area contributed by atoms with E-state index in [1.54, 1.807) is 19.2 Å². The summed E-state index contributed by atoms with van der Waals surface area (Å²) in [6, 6.07) is 16.4. The van der Waals surface area contributed by atoms with Gasteiger partial charge in [0.05, 0.1) is 23.3 Å². The van der Waals surface area contributed by atoms with Crippen molar-refractivity contribution in [3.05, 3.63) is 83.2 Å². The Morgan fingerprint density at radius 3 is 2.26 bits per heavy atom. The Labute approximate surface area is 205 Å². The smallest absolute Gasteiger partial charge is 0.258 e. The van der Waals surface area contributed by atoms with Crippen molar-refractivity contribution in [2.24, 2.45) is 0 Å². The third-order valence-electron chi connectivity index (χ3n) is 5.96. The van der Waals surface area contributed by atoms with E-state index in [0.717, 1.165) is 34.7 Å². The number of para-hydroxylation sites is 2. The second-order valence-corrected chi connectivity index (χ2v) is 10.5. The minimum atomic E-state index is -3.91. The van der Waals surface area contributed by atoms with E-state index in [1.807, 2.05) is 44.2 Å². The number of nitrogens with zero attached hydrogens (tertiary/aromatic N) is 2. The lowest BCUT2D eigenvalue weighted by Gasteiger charge is -2.36. The number of rotatable bonds is 6. The van der Waals surface area contributed by atoms with Crippen LogP contribution in [-0.4, -0.2) is 51.9 Å². The molecular formula is C26H28FN3O4S. The van der Waals surface area contributed by atoms with Gasteiger partial charge in [0.15, 0.2) is 0 Å². The zero-order valence-corrected chi connectivity index (χ0v) is 20.7. The number of amides is 1. The summed E-state index contributed by atoms with van der Waals surface area (Å²) in [5.41, 5.74) is 3.00. The first-order valence-corrected chi connectivity index (χ1v) is 12.7. The minimum absolute atomic E-state index is 0.116. The van der Waals surface area contributed by atoms with Crippen LogP contribution >= 0.6 is 0 Å². The number of nitrogens with one attached hydrogen (secondary N) is 1. The number of methoxy groups -OCH3 is 1. The van der Waals surface area contributed by atoms with Crippen molar-refractivity contribution >= 4 is 27.3 Å². The first-order valence-electron chi connectivity index (χ1n) is 11.3. The summed E-state index contributed by atoms with van der Waals surface area (Å²) in [7, 11) is -2.31. The number of hydrogen-bond acceptors (Lipinski definition) is 5. The second-order valence-electron chi connectivity index (χ2n) is 8.54. The summed E-state index contributed by atoms with van der Waals surface area (Å²) in [5, 5.41) is 2.67. The van der Waals surface area contributed by atoms with Crippen molar-refractivity contribution in [3.8, 4) is 5.75 Å². The number of ether oxygens (including phenoxy) is 1. The number of halogens is 1. The van der Waals surface area contributed by atoms with Gasteiger partial charge in [0.25, 0.3) is 5.91 Å². The van der Waals surface area contributed by atoms with Crippen LogP contribution in [-0.2, 0) is 10.0 Å². The summed E-state index contributed by atoms with van der Waals surface area (Å²) < 4.78 is 47.9. The van der Waals surface area contributed by atoms with E-state index in [1.165, 1.54) is 10.4 Å². The molecule has 0 saturated carbocycles. The van der Waals surface area contributed by atoms with Crippen molar-refractivity contribution < 1.29 is 22.3 Å². The predicted octanol–water partition coefficient (Wildman–Crippen LogP) is 4.21. The number of hydrogen-bond donors (Lipinski definition) is 1. The highest BCUT2D eigenvalue weighted by Gasteiger charge is 2.30. The van der Waals surface area contributed by atoms with Crippen molar-refractivity contribution in [3.63, 3.8) is 0 Å². The zero-order chi connectivity index (χ0) is 25.2. The van der Waals surface area contributed by atoms with Gasteiger partial charge in [-0.15, -0.1) is 0 Å². The predicted molar refractivity (Wildman–Crippen MR) is 134 cm³/mol. The van der Waals surface area contributed by atoms with E-state index in [2.05, 4.69) is 10.2 Å². The van der Waals surface area contributed by atoms with Gasteiger partial charge >= 0.3 is 0 Å². The molecule has 4 rings (SSSR count). The molecule has 7 nitrogen and oxygen atoms in total. The Hall–Kier alpha value is -3.43. The van der Waals surface area contributed by atoms with Crippen LogP contribution in [0.3, 0.4) is 0 Å². The maximum Gasteiger partial charge on any atom is 0.258 e. The number of carbonyl (C=O) groups excluding carboxylic acids is 1. The molecular weight excluding hydrogens is 469 g/mol. The standard InChI is InChI=1S/C26H28FN3O4S/c1-18-14-19(2)16-20(15-18)28-26(31)22-17-21(8-9-23(22)27)35(32,33)30-12-10-29(11-13-30)24-6-4-5-7-25(24)34-3/h4-9,14-17H,10-13H2,1-3H3,(H,28,31). The van der Waals surface area contributed by atoms with Gasteiger partial charge in [-0.2, -0.15) is 4.31 Å². The molecule has 0 aromatic heterocycles. The van der Waals surface area contributed by atoms with E-state index in [9.17, 15) is 17.6 Å². The fourth-order valence-corrected chi connectivity index (χ4v) is 5.74. The highest BCUT2D eigenvalue weighted by molar-refractivity contribution is 7.89. The lowest BCUT2D eigenvalue weighted by Crippen LogP contribution is -2.48. The van der Waals surface area contributed by atoms with Gasteiger partial charge in [-0.1, -0.05) is 18.2 Å². The summed E-state index contributed by atoms with van der Waals surface area (Å²) >= 11 is 0. The number of benzene rings is 3. The highest BCUT2D eigenvalue weighted by Crippen LogP contribution is 2.29. The third-order valence-corrected chi connectivity index (χ3v) is 7.86. The van der Waals surface area contributed by atoms with Crippen LogP contribution in [0.15, 0.2) is 65.6 Å². The molecule has 3 aromatic rings. The molecule has 0 unspecified atom stereocenters. The zero-order valence-electron chi connectivity index (χ0n) is 19.9. The monoisotopic (exact) mass is 497 g/mol. The largest absolute Gasteiger partial charge is 0.495 e. The van der Waals surface area contributed by atoms with Crippen LogP contribution in [0.4, 0.5) is 15.8 Å². The summed E-state index contributed by atoms with van der Waals surface area (Å²) in [5.74, 6) is -0.765. The quantitative estimate of drug-likeness (QED) is 0.552. The Balaban J connectivity index is 1.52. The van der Waals surface area contributed by atoms with Crippen LogP contribution in [0.1, 0.15) is 21.5 Å². The SMILES string of the molecule is COc1ccccc1N1CCN(S(=O)(=O)c2ccc(F)c(C(=O)Nc3cc(C)cc(C)c3)c2)CC1. The Bertz CT molecular complexity index is 1330. The molecule has 184 valence electrons. The van der Waals surface area contributed by atoms with Crippen LogP contribution in [0, 0.1) is 19.7 Å². The molecule has 1 heterocycles. The maximum absolute atomic E-state index is 14.5. The normalized spacial score (nSPS) is 14.6. The van der Waals surface area contributed by atoms with E-state index in [-0.39, 0.29) is 23.5 Å². The summed E-state index contributed by atoms with van der Waals surface area (Å²) in [6.45, 7) is 5.24. The van der Waals surface area contributed by atoms with Crippen LogP contribution < -0.4 is 15.0 Å². The lowest BCUT2D eigenvalue weighted by atomic mass is 10.1. The first-order chi connectivity index (χ1) is 16.7. The molecule has 3 aromatic carbocycles. The van der Waals surface area contributed by atoms with Crippen molar-refractivity contribution in [1.82, 2.24) is 4.31 Å². The third kappa shape index (κ3) is 5.31. The Morgan fingerprint density at radius 1 is 0.943 bits per heavy atom. The number of anilines is 2. The number of carbonyl (C=O) groups is 1. The molecule has 0 aliphatic carbocycles. The van der Waals surface area contributed by atoms with Crippen LogP contribution in [0.5, 0.6) is 5.75 Å². The molecule has 1 aliphatic rings. The molecule has 0 spiro atoms. The molecule has 1 saturated heterocycles. The van der Waals surface area contributed by atoms with Crippen molar-refractivity contribution in [2.75, 3.05) is 43.5 Å². The summed E-state index contributed by atoms with van der Waals surface area (Å²) in [6.07, 6.45) is 0. The molecule has 0 radical (unpaired) electrons. The fourth-order valence-electron chi connectivity index (χ4n) is 4.29. The first kappa shape index (κ1) is 24.7. The van der Waals surface area contributed by atoms with Gasteiger partial charge in [0.2, 0.25) is 10.0 Å². The Morgan fingerprint density at radius 2 is 1.60 bits per heavy atom. The molecule has 1 aliphatic heterocycles. The summed E-state index contributed by atoms with van der Waals surface area (Å²) in [4.78, 5) is 14.7. The van der Waals surface area contributed by atoms with Gasteiger partial charge in [0, 0.05) is 31.9 Å². The van der Waals surface area contributed by atoms with E-state index in [4.69, 9.17) is 4.74 Å². The van der Waals surface area contributed by atoms with Crippen molar-refractivity contribution in [1.29, 1.82) is 0 Å². The average Bonchev–Trinajstić information content (AvgIpc) is 2.83. The van der Waals surface area contributed by atoms with E-state index >= 15 is 0 Å². The van der Waals surface area contributed by atoms with Crippen LogP contribution in [0.2, 0.25) is 0 Å². The van der Waals surface area contributed by atoms with E-state index < -0.39 is 21.7 Å². The molecule has 0 bridgehead atoms. The second kappa shape index (κ2) is 10.1. The molecule has 0 atom stereocenters. The number of sulfonamides is 1. The van der Waals surface area contributed by atoms with Gasteiger partial charge in [0.1, 0.15) is 11.6 Å². The molecule has 1 amide bonds. The number of aryl methyl sites for hydroxylation is 2. The molecule has 1 fully saturated rings. The van der Waals surface area contributed by atoms with Crippen LogP contribution in [0.25, 0.3) is 0 Å². The average molecular weight is 498 g/mol.